The first kappa shape index (κ1) is 40.5. The fourth-order valence-electron chi connectivity index (χ4n) is 6.79. The fraction of sp³-hybridized carbons (Fsp3) is 0.500. The molecular weight excluding hydrogens is 689 g/mol. The van der Waals surface area contributed by atoms with Crippen LogP contribution in [-0.4, -0.2) is 97.0 Å². The number of alkyl halides is 2. The summed E-state index contributed by atoms with van der Waals surface area (Å²) in [6.45, 7) is 6.34. The largest absolute Gasteiger partial charge is 0.432 e. The number of hydrogen-bond acceptors (Lipinski definition) is 9. The number of nitrogens with zero attached hydrogens (tertiary/aromatic N) is 5. The molecular formula is C38H49F2N7O4S. The minimum absolute atomic E-state index is 0.122. The number of hydrogen-bond donors (Lipinski definition) is 2. The minimum Gasteiger partial charge on any atom is -0.432 e. The van der Waals surface area contributed by atoms with Crippen LogP contribution in [0.3, 0.4) is 0 Å². The quantitative estimate of drug-likeness (QED) is 0.118. The highest BCUT2D eigenvalue weighted by Crippen LogP contribution is 2.30. The summed E-state index contributed by atoms with van der Waals surface area (Å²) in [6.07, 6.45) is 7.86. The van der Waals surface area contributed by atoms with Crippen molar-refractivity contribution >= 4 is 41.8 Å². The molecule has 2 N–H and O–H groups in total. The maximum absolute atomic E-state index is 13.6. The number of amides is 1. The second-order valence-electron chi connectivity index (χ2n) is 13.3. The molecule has 0 aliphatic carbocycles. The van der Waals surface area contributed by atoms with Crippen LogP contribution in [0.25, 0.3) is 0 Å². The minimum atomic E-state index is -2.99. The molecule has 0 spiro atoms. The summed E-state index contributed by atoms with van der Waals surface area (Å²) in [4.78, 5) is 34.0. The van der Waals surface area contributed by atoms with E-state index in [1.807, 2.05) is 22.5 Å². The zero-order valence-corrected chi connectivity index (χ0v) is 30.7. The molecule has 14 heteroatoms. The molecule has 3 atom stereocenters. The Hall–Kier alpha value is -4.32. The Morgan fingerprint density at radius 2 is 1.85 bits per heavy atom. The van der Waals surface area contributed by atoms with Crippen molar-refractivity contribution in [2.75, 3.05) is 45.1 Å². The summed E-state index contributed by atoms with van der Waals surface area (Å²) in [7, 11) is 0.177. The molecule has 2 aromatic carbocycles. The van der Waals surface area contributed by atoms with Gasteiger partial charge in [-0.25, -0.2) is 8.51 Å². The summed E-state index contributed by atoms with van der Waals surface area (Å²) < 4.78 is 45.1. The van der Waals surface area contributed by atoms with Gasteiger partial charge in [0.1, 0.15) is 23.3 Å². The Morgan fingerprint density at radius 3 is 2.46 bits per heavy atom. The molecule has 2 fully saturated rings. The summed E-state index contributed by atoms with van der Waals surface area (Å²) >= 11 is 0. The summed E-state index contributed by atoms with van der Waals surface area (Å²) in [6, 6.07) is 15.4. The van der Waals surface area contributed by atoms with Gasteiger partial charge in [0.15, 0.2) is 5.76 Å². The lowest BCUT2D eigenvalue weighted by Gasteiger charge is -2.34. The number of aliphatic imine (C=N–C) groups is 2. The molecule has 0 radical (unpaired) electrons. The van der Waals surface area contributed by atoms with Crippen LogP contribution in [0, 0.1) is 17.2 Å². The summed E-state index contributed by atoms with van der Waals surface area (Å²) in [5.74, 6) is 0.416. The van der Waals surface area contributed by atoms with Crippen LogP contribution in [0.2, 0.25) is 0 Å². The van der Waals surface area contributed by atoms with Gasteiger partial charge in [0.05, 0.1) is 35.0 Å². The first-order chi connectivity index (χ1) is 25.1. The number of carbonyl (C=O) groups is 2. The number of aldehydes is 1. The molecule has 0 saturated carbocycles. The number of carbonyl (C=O) groups excluding carboxylic acids is 2. The second-order valence-corrected chi connectivity index (χ2v) is 14.8. The predicted molar refractivity (Wildman–Crippen MR) is 200 cm³/mol. The van der Waals surface area contributed by atoms with Crippen LogP contribution < -0.4 is 10.6 Å². The lowest BCUT2D eigenvalue weighted by atomic mass is 9.88. The first-order valence-electron chi connectivity index (χ1n) is 17.7. The average molecular weight is 738 g/mol. The highest BCUT2D eigenvalue weighted by Gasteiger charge is 2.26. The van der Waals surface area contributed by atoms with Crippen LogP contribution in [0.5, 0.6) is 0 Å². The van der Waals surface area contributed by atoms with Crippen LogP contribution in [0.1, 0.15) is 68.1 Å². The SMILES string of the molecule is C=N/C=C(\C=NC1CCN(S(=O)c2ccc(C#N)c(CC(C)CN3CCC(c4ccc(NC(CCC=O)C(=O)NC)cc4)CC3)c2)CC1)OC(F)F. The van der Waals surface area contributed by atoms with E-state index in [-0.39, 0.29) is 23.6 Å². The van der Waals surface area contributed by atoms with Gasteiger partial charge >= 0.3 is 6.61 Å². The molecule has 52 heavy (non-hydrogen) atoms. The third kappa shape index (κ3) is 12.1. The zero-order valence-electron chi connectivity index (χ0n) is 29.9. The van der Waals surface area contributed by atoms with Gasteiger partial charge in [-0.15, -0.1) is 0 Å². The average Bonchev–Trinajstić information content (AvgIpc) is 3.15. The molecule has 2 saturated heterocycles. The van der Waals surface area contributed by atoms with E-state index < -0.39 is 23.6 Å². The highest BCUT2D eigenvalue weighted by molar-refractivity contribution is 7.82. The Kier molecular flexibility index (Phi) is 16.1. The summed E-state index contributed by atoms with van der Waals surface area (Å²) in [5, 5.41) is 15.7. The number of allylic oxidation sites excluding steroid dienone is 1. The van der Waals surface area contributed by atoms with Gasteiger partial charge in [-0.2, -0.15) is 14.0 Å². The van der Waals surface area contributed by atoms with E-state index in [4.69, 9.17) is 0 Å². The van der Waals surface area contributed by atoms with Gasteiger partial charge in [0.2, 0.25) is 5.91 Å². The molecule has 3 unspecified atom stereocenters. The second kappa shape index (κ2) is 20.7. The van der Waals surface area contributed by atoms with Crippen molar-refractivity contribution in [2.45, 2.75) is 81.4 Å². The molecule has 2 aliphatic heterocycles. The van der Waals surface area contributed by atoms with E-state index in [2.05, 4.69) is 62.1 Å². The monoisotopic (exact) mass is 737 g/mol. The van der Waals surface area contributed by atoms with E-state index in [9.17, 15) is 27.8 Å². The number of rotatable bonds is 18. The standard InChI is InChI=1S/C38H49F2N7O4S/c1-27(26-46-16-12-29(13-17-46)28-6-9-33(10-7-28)45-36(5-4-20-48)37(49)43-3)21-31-22-35(11-8-30(31)23-41)52(50)47-18-14-32(15-19-47)44-25-34(24-42-2)51-38(39)40/h6-11,20,22,24-25,27,29,32,36,38,45H,2,4-5,12-19,21,26H2,1,3H3,(H,43,49)/b34-24+,44-25?. The van der Waals surface area contributed by atoms with Crippen molar-refractivity contribution in [3.8, 4) is 6.07 Å². The third-order valence-electron chi connectivity index (χ3n) is 9.50. The molecule has 11 nitrogen and oxygen atoms in total. The third-order valence-corrected chi connectivity index (χ3v) is 11.0. The number of nitriles is 1. The molecule has 2 aliphatic rings. The Labute approximate surface area is 307 Å². The van der Waals surface area contributed by atoms with Gasteiger partial charge < -0.3 is 25.1 Å². The van der Waals surface area contributed by atoms with Crippen molar-refractivity contribution in [3.63, 3.8) is 0 Å². The number of piperidine rings is 2. The number of anilines is 1. The van der Waals surface area contributed by atoms with Crippen LogP contribution in [-0.2, 0) is 31.7 Å². The van der Waals surface area contributed by atoms with Crippen LogP contribution >= 0.6 is 0 Å². The van der Waals surface area contributed by atoms with Gasteiger partial charge in [0, 0.05) is 38.8 Å². The van der Waals surface area contributed by atoms with Crippen molar-refractivity contribution in [2.24, 2.45) is 15.9 Å². The number of benzene rings is 2. The van der Waals surface area contributed by atoms with Crippen molar-refractivity contribution in [3.05, 3.63) is 71.1 Å². The number of ether oxygens (including phenoxy) is 1. The maximum Gasteiger partial charge on any atom is 0.387 e. The Balaban J connectivity index is 1.26. The van der Waals surface area contributed by atoms with Gasteiger partial charge in [-0.1, -0.05) is 19.1 Å². The van der Waals surface area contributed by atoms with E-state index in [0.717, 1.165) is 56.2 Å². The first-order valence-corrected chi connectivity index (χ1v) is 18.8. The van der Waals surface area contributed by atoms with Gasteiger partial charge in [-0.05, 0) is 112 Å². The van der Waals surface area contributed by atoms with Crippen molar-refractivity contribution in [1.82, 2.24) is 14.5 Å². The molecule has 280 valence electrons. The Bertz CT molecular complexity index is 1620. The molecule has 2 aromatic rings. The molecule has 1 amide bonds. The van der Waals surface area contributed by atoms with Crippen LogP contribution in [0.4, 0.5) is 14.5 Å². The van der Waals surface area contributed by atoms with E-state index in [1.165, 1.54) is 11.8 Å². The molecule has 0 bridgehead atoms. The van der Waals surface area contributed by atoms with Crippen LogP contribution in [0.15, 0.2) is 69.3 Å². The fourth-order valence-corrected chi connectivity index (χ4v) is 8.06. The zero-order chi connectivity index (χ0) is 37.5. The van der Waals surface area contributed by atoms with E-state index >= 15 is 0 Å². The number of nitrogens with one attached hydrogen (secondary N) is 2. The normalized spacial score (nSPS) is 18.4. The molecule has 0 aromatic heterocycles. The highest BCUT2D eigenvalue weighted by atomic mass is 32.2. The topological polar surface area (TPSA) is 139 Å². The lowest BCUT2D eigenvalue weighted by molar-refractivity contribution is -0.121. The maximum atomic E-state index is 13.6. The molecule has 2 heterocycles. The molecule has 4 rings (SSSR count). The van der Waals surface area contributed by atoms with Crippen molar-refractivity contribution < 1.29 is 27.3 Å². The summed E-state index contributed by atoms with van der Waals surface area (Å²) in [5.41, 5.74) is 3.60. The van der Waals surface area contributed by atoms with E-state index in [0.29, 0.717) is 61.6 Å². The number of halogens is 2. The van der Waals surface area contributed by atoms with Gasteiger partial charge in [0.25, 0.3) is 0 Å². The smallest absolute Gasteiger partial charge is 0.387 e. The number of likely N-dealkylation sites (tertiary alicyclic amines) is 1. The van der Waals surface area contributed by atoms with Gasteiger partial charge in [-0.3, -0.25) is 14.8 Å². The Morgan fingerprint density at radius 1 is 1.13 bits per heavy atom. The predicted octanol–water partition coefficient (Wildman–Crippen LogP) is 5.46. The van der Waals surface area contributed by atoms with Crippen molar-refractivity contribution in [1.29, 1.82) is 5.26 Å². The number of likely N-dealkylation sites (N-methyl/N-ethyl adjacent to an activating group) is 1. The van der Waals surface area contributed by atoms with E-state index in [1.54, 1.807) is 19.2 Å². The lowest BCUT2D eigenvalue weighted by Crippen LogP contribution is -2.37.